The fraction of sp³-hybridized carbons (Fsp3) is 0.545. The summed E-state index contributed by atoms with van der Waals surface area (Å²) in [6, 6.07) is 3.08. The molecule has 1 atom stereocenters. The molecular weight excluding hydrogens is 342 g/mol. The predicted molar refractivity (Wildman–Crippen MR) is 106 cm³/mol. The highest BCUT2D eigenvalue weighted by Crippen LogP contribution is 2.32. The van der Waals surface area contributed by atoms with E-state index in [-0.39, 0.29) is 11.8 Å². The second-order valence-electron chi connectivity index (χ2n) is 7.97. The zero-order valence-electron chi connectivity index (χ0n) is 16.7. The van der Waals surface area contributed by atoms with Crippen LogP contribution in [0.15, 0.2) is 24.8 Å². The molecule has 5 heteroatoms. The molecule has 1 aromatic rings. The minimum Gasteiger partial charge on any atom is -0.493 e. The van der Waals surface area contributed by atoms with Crippen molar-refractivity contribution in [3.8, 4) is 5.75 Å². The first-order chi connectivity index (χ1) is 12.7. The second-order valence-corrected chi connectivity index (χ2v) is 7.97. The minimum atomic E-state index is -0.651. The molecule has 5 nitrogen and oxygen atoms in total. The molecule has 0 fully saturated rings. The molecule has 148 valence electrons. The number of ketones is 1. The van der Waals surface area contributed by atoms with Crippen LogP contribution in [0, 0.1) is 0 Å². The van der Waals surface area contributed by atoms with Crippen LogP contribution in [0.1, 0.15) is 67.9 Å². The van der Waals surface area contributed by atoms with E-state index in [1.807, 2.05) is 39.0 Å². The van der Waals surface area contributed by atoms with Gasteiger partial charge < -0.3 is 15.2 Å². The van der Waals surface area contributed by atoms with Crippen LogP contribution in [-0.4, -0.2) is 30.0 Å². The Hall–Kier alpha value is -2.14. The van der Waals surface area contributed by atoms with Crippen LogP contribution in [-0.2, 0) is 22.4 Å². The lowest BCUT2D eigenvalue weighted by Crippen LogP contribution is -2.37. The summed E-state index contributed by atoms with van der Waals surface area (Å²) in [6.07, 6.45) is 6.03. The Morgan fingerprint density at radius 1 is 1.33 bits per heavy atom. The average Bonchev–Trinajstić information content (AvgIpc) is 2.59. The molecule has 0 aliphatic heterocycles. The standard InChI is InChI=1S/C22H31NO4/c1-5-8-17-15-9-6-11-19(24)16(15)12-13-20(17)26-14-7-10-18(23)21(25)27-22(2,3)4/h5,12-13,18H,1,6-11,14,23H2,2-4H3. The first-order valence-electron chi connectivity index (χ1n) is 9.63. The Morgan fingerprint density at radius 2 is 2.07 bits per heavy atom. The quantitative estimate of drug-likeness (QED) is 0.426. The molecule has 1 aromatic carbocycles. The Morgan fingerprint density at radius 3 is 2.74 bits per heavy atom. The third kappa shape index (κ3) is 5.93. The SMILES string of the molecule is C=CCc1c(OCCCC(N)C(=O)OC(C)(C)C)ccc2c1CCCC2=O. The van der Waals surface area contributed by atoms with Crippen molar-refractivity contribution >= 4 is 11.8 Å². The smallest absolute Gasteiger partial charge is 0.323 e. The topological polar surface area (TPSA) is 78.6 Å². The van der Waals surface area contributed by atoms with E-state index in [1.165, 1.54) is 0 Å². The van der Waals surface area contributed by atoms with Crippen LogP contribution in [0.25, 0.3) is 0 Å². The van der Waals surface area contributed by atoms with Crippen molar-refractivity contribution in [3.63, 3.8) is 0 Å². The number of esters is 1. The fourth-order valence-corrected chi connectivity index (χ4v) is 3.26. The Bertz CT molecular complexity index is 703. The van der Waals surface area contributed by atoms with Crippen LogP contribution in [0.4, 0.5) is 0 Å². The molecule has 0 spiro atoms. The van der Waals surface area contributed by atoms with Crippen molar-refractivity contribution in [2.24, 2.45) is 5.73 Å². The molecule has 1 aliphatic rings. The van der Waals surface area contributed by atoms with E-state index in [9.17, 15) is 9.59 Å². The predicted octanol–water partition coefficient (Wildman–Crippen LogP) is 3.76. The van der Waals surface area contributed by atoms with Crippen molar-refractivity contribution in [1.29, 1.82) is 0 Å². The van der Waals surface area contributed by atoms with Crippen molar-refractivity contribution < 1.29 is 19.1 Å². The van der Waals surface area contributed by atoms with E-state index >= 15 is 0 Å². The highest BCUT2D eigenvalue weighted by Gasteiger charge is 2.23. The second kappa shape index (κ2) is 9.18. The van der Waals surface area contributed by atoms with E-state index in [1.54, 1.807) is 0 Å². The van der Waals surface area contributed by atoms with Gasteiger partial charge in [-0.25, -0.2) is 0 Å². The van der Waals surface area contributed by atoms with E-state index in [0.717, 1.165) is 35.3 Å². The van der Waals surface area contributed by atoms with Crippen LogP contribution in [0.2, 0.25) is 0 Å². The van der Waals surface area contributed by atoms with Crippen LogP contribution >= 0.6 is 0 Å². The molecule has 0 amide bonds. The molecule has 0 saturated carbocycles. The first-order valence-corrected chi connectivity index (χ1v) is 9.63. The van der Waals surface area contributed by atoms with Crippen molar-refractivity contribution in [1.82, 2.24) is 0 Å². The third-order valence-corrected chi connectivity index (χ3v) is 4.49. The number of nitrogens with two attached hydrogens (primary N) is 1. The van der Waals surface area contributed by atoms with Crippen molar-refractivity contribution in [2.45, 2.75) is 70.9 Å². The summed E-state index contributed by atoms with van der Waals surface area (Å²) in [5.41, 5.74) is 8.33. The first kappa shape index (κ1) is 21.2. The number of allylic oxidation sites excluding steroid dienone is 1. The van der Waals surface area contributed by atoms with Gasteiger partial charge in [0.25, 0.3) is 0 Å². The van der Waals surface area contributed by atoms with Crippen LogP contribution in [0.5, 0.6) is 5.75 Å². The van der Waals surface area contributed by atoms with Gasteiger partial charge in [-0.05, 0) is 70.6 Å². The zero-order chi connectivity index (χ0) is 20.0. The number of rotatable bonds is 8. The highest BCUT2D eigenvalue weighted by molar-refractivity contribution is 5.99. The van der Waals surface area contributed by atoms with Crippen molar-refractivity contribution in [3.05, 3.63) is 41.5 Å². The van der Waals surface area contributed by atoms with Gasteiger partial charge in [-0.2, -0.15) is 0 Å². The molecule has 0 heterocycles. The van der Waals surface area contributed by atoms with E-state index in [0.29, 0.717) is 32.3 Å². The lowest BCUT2D eigenvalue weighted by atomic mass is 9.86. The van der Waals surface area contributed by atoms with Gasteiger partial charge in [0.2, 0.25) is 0 Å². The molecule has 1 unspecified atom stereocenters. The zero-order valence-corrected chi connectivity index (χ0v) is 16.7. The van der Waals surface area contributed by atoms with Gasteiger partial charge in [-0.1, -0.05) is 6.08 Å². The normalized spacial score (nSPS) is 15.0. The Kier molecular flexibility index (Phi) is 7.19. The molecule has 2 N–H and O–H groups in total. The summed E-state index contributed by atoms with van der Waals surface area (Å²) in [6.45, 7) is 9.74. The van der Waals surface area contributed by atoms with Gasteiger partial charge in [-0.3, -0.25) is 9.59 Å². The fourth-order valence-electron chi connectivity index (χ4n) is 3.26. The molecular formula is C22H31NO4. The summed E-state index contributed by atoms with van der Waals surface area (Å²) in [5, 5.41) is 0. The maximum absolute atomic E-state index is 12.1. The van der Waals surface area contributed by atoms with Crippen LogP contribution in [0.3, 0.4) is 0 Å². The average molecular weight is 373 g/mol. The Labute approximate surface area is 161 Å². The maximum Gasteiger partial charge on any atom is 0.323 e. The lowest BCUT2D eigenvalue weighted by molar-refractivity contribution is -0.156. The summed E-state index contributed by atoms with van der Waals surface area (Å²) in [5.74, 6) is 0.604. The van der Waals surface area contributed by atoms with Crippen LogP contribution < -0.4 is 10.5 Å². The minimum absolute atomic E-state index is 0.205. The number of fused-ring (bicyclic) bond motifs is 1. The number of ether oxygens (including phenoxy) is 2. The summed E-state index contributed by atoms with van der Waals surface area (Å²) in [4.78, 5) is 24.0. The van der Waals surface area contributed by atoms with E-state index in [4.69, 9.17) is 15.2 Å². The monoisotopic (exact) mass is 373 g/mol. The largest absolute Gasteiger partial charge is 0.493 e. The summed E-state index contributed by atoms with van der Waals surface area (Å²) >= 11 is 0. The molecule has 27 heavy (non-hydrogen) atoms. The molecule has 0 bridgehead atoms. The third-order valence-electron chi connectivity index (χ3n) is 4.49. The number of benzene rings is 1. The summed E-state index contributed by atoms with van der Waals surface area (Å²) in [7, 11) is 0. The van der Waals surface area contributed by atoms with Gasteiger partial charge in [0.1, 0.15) is 17.4 Å². The lowest BCUT2D eigenvalue weighted by Gasteiger charge is -2.22. The molecule has 0 radical (unpaired) electrons. The van der Waals surface area contributed by atoms with Gasteiger partial charge in [-0.15, -0.1) is 6.58 Å². The number of carbonyl (C=O) groups excluding carboxylic acids is 2. The van der Waals surface area contributed by atoms with E-state index in [2.05, 4.69) is 6.58 Å². The Balaban J connectivity index is 1.95. The maximum atomic E-state index is 12.1. The summed E-state index contributed by atoms with van der Waals surface area (Å²) < 4.78 is 11.2. The number of hydrogen-bond acceptors (Lipinski definition) is 5. The van der Waals surface area contributed by atoms with Crippen molar-refractivity contribution in [2.75, 3.05) is 6.61 Å². The van der Waals surface area contributed by atoms with Gasteiger partial charge in [0, 0.05) is 17.5 Å². The molecule has 0 aromatic heterocycles. The van der Waals surface area contributed by atoms with E-state index < -0.39 is 11.6 Å². The molecule has 1 aliphatic carbocycles. The van der Waals surface area contributed by atoms with Gasteiger partial charge in [0.05, 0.1) is 6.61 Å². The molecule has 2 rings (SSSR count). The number of hydrogen-bond donors (Lipinski definition) is 1. The number of Topliss-reactive ketones (excluding diaryl/α,β-unsaturated/α-hetero) is 1. The van der Waals surface area contributed by atoms with Gasteiger partial charge in [0.15, 0.2) is 5.78 Å². The highest BCUT2D eigenvalue weighted by atomic mass is 16.6. The van der Waals surface area contributed by atoms with Gasteiger partial charge >= 0.3 is 5.97 Å². The number of carbonyl (C=O) groups is 2. The molecule has 0 saturated heterocycles.